The van der Waals surface area contributed by atoms with Crippen molar-refractivity contribution in [3.8, 4) is 0 Å². The van der Waals surface area contributed by atoms with E-state index in [9.17, 15) is 0 Å². The van der Waals surface area contributed by atoms with Crippen molar-refractivity contribution in [1.29, 1.82) is 0 Å². The summed E-state index contributed by atoms with van der Waals surface area (Å²) >= 11 is 0. The van der Waals surface area contributed by atoms with Gasteiger partial charge in [0.05, 0.1) is 0 Å². The number of hydrogen-bond donors (Lipinski definition) is 0. The van der Waals surface area contributed by atoms with Gasteiger partial charge in [-0.25, -0.2) is 0 Å². The molecule has 4 aliphatic carbocycles. The van der Waals surface area contributed by atoms with Gasteiger partial charge >= 0.3 is 0 Å². The zero-order valence-electron chi connectivity index (χ0n) is 25.1. The molecule has 0 bridgehead atoms. The minimum absolute atomic E-state index is 0.292. The third kappa shape index (κ3) is 5.06. The van der Waals surface area contributed by atoms with Crippen molar-refractivity contribution in [2.75, 3.05) is 0 Å². The lowest BCUT2D eigenvalue weighted by Gasteiger charge is -2.56. The highest BCUT2D eigenvalue weighted by Crippen LogP contribution is 2.66. The molecule has 0 radical (unpaired) electrons. The molecule has 0 spiro atoms. The lowest BCUT2D eigenvalue weighted by atomic mass is 9.50. The number of fused-ring (bicyclic) bond motifs is 5. The third-order valence-corrected chi connectivity index (χ3v) is 16.5. The van der Waals surface area contributed by atoms with E-state index in [1.165, 1.54) is 64.2 Å². The SMILES string of the molecule is CC(C)CCC[C@@H](C)[C@H]1CC[C@H]2C3=CC=C4C[C@@H](O[Si](C)(C)C(C)(C)C)CC[C@]4(C)[C@H]3CC[C@]12C. The van der Waals surface area contributed by atoms with Crippen LogP contribution in [-0.4, -0.2) is 14.4 Å². The van der Waals surface area contributed by atoms with E-state index in [4.69, 9.17) is 4.43 Å². The molecule has 3 fully saturated rings. The minimum Gasteiger partial charge on any atom is -0.414 e. The van der Waals surface area contributed by atoms with Gasteiger partial charge in [0.25, 0.3) is 0 Å². The summed E-state index contributed by atoms with van der Waals surface area (Å²) in [7, 11) is -1.71. The van der Waals surface area contributed by atoms with Crippen molar-refractivity contribution >= 4 is 8.32 Å². The Kier molecular flexibility index (Phi) is 7.72. The molecule has 0 N–H and O–H groups in total. The lowest BCUT2D eigenvalue weighted by Crippen LogP contribution is -2.49. The van der Waals surface area contributed by atoms with Crippen molar-refractivity contribution in [3.63, 3.8) is 0 Å². The molecule has 0 unspecified atom stereocenters. The van der Waals surface area contributed by atoms with E-state index in [1.807, 2.05) is 5.57 Å². The summed E-state index contributed by atoms with van der Waals surface area (Å²) in [6.07, 6.45) is 19.4. The highest BCUT2D eigenvalue weighted by molar-refractivity contribution is 6.74. The number of hydrogen-bond acceptors (Lipinski definition) is 1. The maximum atomic E-state index is 6.92. The topological polar surface area (TPSA) is 9.23 Å². The maximum Gasteiger partial charge on any atom is 0.192 e. The van der Waals surface area contributed by atoms with Gasteiger partial charge in [0, 0.05) is 6.10 Å². The smallest absolute Gasteiger partial charge is 0.192 e. The third-order valence-electron chi connectivity index (χ3n) is 12.0. The first-order valence-corrected chi connectivity index (χ1v) is 18.2. The van der Waals surface area contributed by atoms with E-state index in [-0.39, 0.29) is 0 Å². The molecule has 35 heavy (non-hydrogen) atoms. The van der Waals surface area contributed by atoms with Crippen molar-refractivity contribution < 1.29 is 4.43 Å². The van der Waals surface area contributed by atoms with E-state index in [0.29, 0.717) is 22.0 Å². The van der Waals surface area contributed by atoms with Gasteiger partial charge in [-0.3, -0.25) is 0 Å². The Morgan fingerprint density at radius 1 is 0.943 bits per heavy atom. The second kappa shape index (κ2) is 9.76. The first-order valence-electron chi connectivity index (χ1n) is 15.3. The molecule has 1 nitrogen and oxygen atoms in total. The van der Waals surface area contributed by atoms with Gasteiger partial charge in [0.15, 0.2) is 8.32 Å². The molecule has 4 rings (SSSR count). The van der Waals surface area contributed by atoms with Crippen molar-refractivity contribution in [2.24, 2.45) is 40.4 Å². The first-order chi connectivity index (χ1) is 16.2. The molecule has 4 aliphatic rings. The summed E-state index contributed by atoms with van der Waals surface area (Å²) in [5.74, 6) is 4.27. The van der Waals surface area contributed by atoms with Crippen LogP contribution in [-0.2, 0) is 4.43 Å². The van der Waals surface area contributed by atoms with Crippen molar-refractivity contribution in [3.05, 3.63) is 23.3 Å². The molecule has 200 valence electrons. The molecule has 0 aromatic carbocycles. The van der Waals surface area contributed by atoms with E-state index in [0.717, 1.165) is 29.6 Å². The van der Waals surface area contributed by atoms with Crippen LogP contribution in [0, 0.1) is 40.4 Å². The predicted molar refractivity (Wildman–Crippen MR) is 155 cm³/mol. The molecule has 0 aromatic heterocycles. The van der Waals surface area contributed by atoms with E-state index in [2.05, 4.69) is 80.6 Å². The summed E-state index contributed by atoms with van der Waals surface area (Å²) in [5, 5.41) is 0.292. The Labute approximate surface area is 220 Å². The van der Waals surface area contributed by atoms with Crippen LogP contribution >= 0.6 is 0 Å². The van der Waals surface area contributed by atoms with E-state index in [1.54, 1.807) is 5.57 Å². The molecule has 0 aromatic rings. The van der Waals surface area contributed by atoms with Crippen LogP contribution in [0.15, 0.2) is 23.3 Å². The summed E-state index contributed by atoms with van der Waals surface area (Å²) in [4.78, 5) is 0. The largest absolute Gasteiger partial charge is 0.414 e. The second-order valence-corrected chi connectivity index (χ2v) is 20.4. The predicted octanol–water partition coefficient (Wildman–Crippen LogP) is 10.3. The van der Waals surface area contributed by atoms with Gasteiger partial charge in [-0.05, 0) is 103 Å². The van der Waals surface area contributed by atoms with Crippen LogP contribution in [0.5, 0.6) is 0 Å². The standard InChI is InChI=1S/C33H58OSi/c1-23(2)12-11-13-24(3)28-16-17-29-27-15-14-25-22-26(34-35(9,10)31(4,5)6)18-20-32(25,7)30(27)19-21-33(28,29)8/h14-15,23-24,26,28-30H,11-13,16-22H2,1-10H3/t24-,26+,28-,29+,30+,32+,33-/m1/s1. The van der Waals surface area contributed by atoms with Gasteiger partial charge in [-0.15, -0.1) is 0 Å². The lowest BCUT2D eigenvalue weighted by molar-refractivity contribution is 0.0342. The summed E-state index contributed by atoms with van der Waals surface area (Å²) in [6.45, 7) is 24.6. The molecular weight excluding hydrogens is 440 g/mol. The number of allylic oxidation sites excluding steroid dienone is 3. The fraction of sp³-hybridized carbons (Fsp3) is 0.879. The average Bonchev–Trinajstić information content (AvgIpc) is 3.10. The van der Waals surface area contributed by atoms with Gasteiger partial charge < -0.3 is 4.43 Å². The Bertz CT molecular complexity index is 829. The van der Waals surface area contributed by atoms with Crippen molar-refractivity contribution in [1.82, 2.24) is 0 Å². The van der Waals surface area contributed by atoms with Gasteiger partial charge in [-0.2, -0.15) is 0 Å². The molecule has 7 atom stereocenters. The highest BCUT2D eigenvalue weighted by atomic mass is 28.4. The van der Waals surface area contributed by atoms with Gasteiger partial charge in [0.1, 0.15) is 0 Å². The Balaban J connectivity index is 1.49. The summed E-state index contributed by atoms with van der Waals surface area (Å²) in [5.41, 5.74) is 4.47. The zero-order valence-corrected chi connectivity index (χ0v) is 26.1. The Morgan fingerprint density at radius 3 is 2.31 bits per heavy atom. The van der Waals surface area contributed by atoms with Crippen LogP contribution in [0.3, 0.4) is 0 Å². The minimum atomic E-state index is -1.71. The molecule has 3 saturated carbocycles. The fourth-order valence-corrected chi connectivity index (χ4v) is 10.1. The molecule has 0 saturated heterocycles. The van der Waals surface area contributed by atoms with Crippen LogP contribution < -0.4 is 0 Å². The molecule has 0 amide bonds. The van der Waals surface area contributed by atoms with E-state index < -0.39 is 8.32 Å². The first kappa shape index (κ1) is 27.7. The van der Waals surface area contributed by atoms with Gasteiger partial charge in [0.2, 0.25) is 0 Å². The maximum absolute atomic E-state index is 6.92. The van der Waals surface area contributed by atoms with Crippen LogP contribution in [0.25, 0.3) is 0 Å². The second-order valence-electron chi connectivity index (χ2n) is 15.7. The molecule has 0 heterocycles. The normalized spacial score (nSPS) is 38.4. The van der Waals surface area contributed by atoms with Crippen LogP contribution in [0.2, 0.25) is 18.1 Å². The van der Waals surface area contributed by atoms with Crippen LogP contribution in [0.4, 0.5) is 0 Å². The highest BCUT2D eigenvalue weighted by Gasteiger charge is 2.57. The Hall–Kier alpha value is -0.343. The fourth-order valence-electron chi connectivity index (χ4n) is 8.69. The van der Waals surface area contributed by atoms with Crippen LogP contribution in [0.1, 0.15) is 120 Å². The zero-order chi connectivity index (χ0) is 25.8. The van der Waals surface area contributed by atoms with E-state index >= 15 is 0 Å². The number of rotatable bonds is 7. The summed E-state index contributed by atoms with van der Waals surface area (Å²) in [6, 6.07) is 0. The quantitative estimate of drug-likeness (QED) is 0.317. The molecular formula is C33H58OSi. The Morgan fingerprint density at radius 2 is 1.66 bits per heavy atom. The average molecular weight is 499 g/mol. The van der Waals surface area contributed by atoms with Crippen molar-refractivity contribution in [2.45, 2.75) is 144 Å². The van der Waals surface area contributed by atoms with Gasteiger partial charge in [-0.1, -0.05) is 98.0 Å². The summed E-state index contributed by atoms with van der Waals surface area (Å²) < 4.78 is 6.92. The monoisotopic (exact) mass is 498 g/mol. The molecule has 0 aliphatic heterocycles. The molecule has 2 heteroatoms.